The van der Waals surface area contributed by atoms with E-state index in [0.717, 1.165) is 16.7 Å². The summed E-state index contributed by atoms with van der Waals surface area (Å²) < 4.78 is 9.60. The van der Waals surface area contributed by atoms with Gasteiger partial charge in [0.2, 0.25) is 0 Å². The normalized spacial score (nSPS) is 10.3. The number of rotatable bonds is 4. The highest BCUT2D eigenvalue weighted by Crippen LogP contribution is 2.19. The Labute approximate surface area is 131 Å². The van der Waals surface area contributed by atoms with Gasteiger partial charge in [0.05, 0.1) is 12.5 Å². The topological polar surface area (TPSA) is 97.4 Å². The molecular weight excluding hydrogens is 298 g/mol. The monoisotopic (exact) mass is 311 g/mol. The molecule has 1 aromatic carbocycles. The van der Waals surface area contributed by atoms with Gasteiger partial charge in [0.1, 0.15) is 6.26 Å². The van der Waals surface area contributed by atoms with E-state index in [1.807, 2.05) is 30.3 Å². The number of hydrogen-bond acceptors (Lipinski definition) is 5. The summed E-state index contributed by atoms with van der Waals surface area (Å²) in [7, 11) is 0. The molecule has 2 aromatic heterocycles. The Hall–Kier alpha value is -3.35. The lowest BCUT2D eigenvalue weighted by molar-refractivity contribution is -0.136. The smallest absolute Gasteiger partial charge is 0.314 e. The van der Waals surface area contributed by atoms with Gasteiger partial charge in [-0.25, -0.2) is 0 Å². The van der Waals surface area contributed by atoms with Gasteiger partial charge in [-0.2, -0.15) is 0 Å². The molecule has 0 radical (unpaired) electrons. The fraction of sp³-hybridized carbons (Fsp3) is 0.0625. The van der Waals surface area contributed by atoms with Crippen LogP contribution in [0, 0.1) is 0 Å². The van der Waals surface area contributed by atoms with Gasteiger partial charge in [-0.3, -0.25) is 14.9 Å². The predicted octanol–water partition coefficient (Wildman–Crippen LogP) is 2.19. The molecule has 0 spiro atoms. The number of nitrogens with zero attached hydrogens (tertiary/aromatic N) is 1. The molecule has 0 unspecified atom stereocenters. The van der Waals surface area contributed by atoms with Crippen LogP contribution in [0.2, 0.25) is 0 Å². The maximum atomic E-state index is 11.7. The second-order valence-electron chi connectivity index (χ2n) is 4.73. The minimum absolute atomic E-state index is 0.189. The van der Waals surface area contributed by atoms with Gasteiger partial charge < -0.3 is 14.3 Å². The van der Waals surface area contributed by atoms with Crippen molar-refractivity contribution in [3.05, 3.63) is 60.8 Å². The average molecular weight is 311 g/mol. The van der Waals surface area contributed by atoms with Crippen molar-refractivity contribution in [2.24, 2.45) is 0 Å². The van der Waals surface area contributed by atoms with Gasteiger partial charge in [0, 0.05) is 18.2 Å². The molecule has 7 heteroatoms. The largest absolute Gasteiger partial charge is 0.472 e. The van der Waals surface area contributed by atoms with Crippen LogP contribution in [0.3, 0.4) is 0 Å². The average Bonchev–Trinajstić information content (AvgIpc) is 3.26. The van der Waals surface area contributed by atoms with E-state index in [9.17, 15) is 9.59 Å². The molecule has 0 fully saturated rings. The van der Waals surface area contributed by atoms with E-state index < -0.39 is 11.8 Å². The van der Waals surface area contributed by atoms with Gasteiger partial charge in [0.15, 0.2) is 5.82 Å². The zero-order chi connectivity index (χ0) is 16.1. The number of carbonyl (C=O) groups excluding carboxylic acids is 2. The first kappa shape index (κ1) is 14.6. The van der Waals surface area contributed by atoms with E-state index in [1.54, 1.807) is 12.5 Å². The summed E-state index contributed by atoms with van der Waals surface area (Å²) in [5.74, 6) is -1.35. The first-order valence-electron chi connectivity index (χ1n) is 6.83. The van der Waals surface area contributed by atoms with Crippen LogP contribution in [-0.4, -0.2) is 17.0 Å². The standard InChI is InChI=1S/C16H13N3O4/c20-15(16(21)18-14-6-8-23-19-14)17-9-11-1-3-12(4-2-11)13-5-7-22-10-13/h1-8,10H,9H2,(H,17,20)(H,18,19,21). The van der Waals surface area contributed by atoms with Crippen molar-refractivity contribution >= 4 is 17.6 Å². The van der Waals surface area contributed by atoms with Crippen LogP contribution in [0.15, 0.2) is 64.1 Å². The molecule has 3 rings (SSSR count). The molecule has 0 atom stereocenters. The number of furan rings is 1. The van der Waals surface area contributed by atoms with E-state index >= 15 is 0 Å². The first-order valence-corrected chi connectivity index (χ1v) is 6.83. The zero-order valence-electron chi connectivity index (χ0n) is 12.0. The fourth-order valence-corrected chi connectivity index (χ4v) is 1.96. The summed E-state index contributed by atoms with van der Waals surface area (Å²) in [6.07, 6.45) is 4.57. The second-order valence-corrected chi connectivity index (χ2v) is 4.73. The van der Waals surface area contributed by atoms with Crippen molar-refractivity contribution in [3.63, 3.8) is 0 Å². The van der Waals surface area contributed by atoms with E-state index in [2.05, 4.69) is 20.3 Å². The third kappa shape index (κ3) is 3.65. The minimum atomic E-state index is -0.797. The molecule has 0 aliphatic heterocycles. The van der Waals surface area contributed by atoms with E-state index in [0.29, 0.717) is 0 Å². The van der Waals surface area contributed by atoms with Crippen LogP contribution < -0.4 is 10.6 Å². The Balaban J connectivity index is 1.53. The summed E-state index contributed by atoms with van der Waals surface area (Å²) in [6.45, 7) is 0.247. The van der Waals surface area contributed by atoms with Gasteiger partial charge in [-0.15, -0.1) is 0 Å². The van der Waals surface area contributed by atoms with E-state index in [1.165, 1.54) is 12.3 Å². The number of benzene rings is 1. The zero-order valence-corrected chi connectivity index (χ0v) is 12.0. The minimum Gasteiger partial charge on any atom is -0.472 e. The third-order valence-electron chi connectivity index (χ3n) is 3.15. The summed E-state index contributed by atoms with van der Waals surface area (Å²) in [5, 5.41) is 8.35. The van der Waals surface area contributed by atoms with Crippen LogP contribution in [0.1, 0.15) is 5.56 Å². The summed E-state index contributed by atoms with van der Waals surface area (Å²) in [4.78, 5) is 23.3. The quantitative estimate of drug-likeness (QED) is 0.720. The molecule has 0 bridgehead atoms. The lowest BCUT2D eigenvalue weighted by Crippen LogP contribution is -2.35. The van der Waals surface area contributed by atoms with Gasteiger partial charge in [0.25, 0.3) is 0 Å². The Kier molecular flexibility index (Phi) is 4.19. The molecular formula is C16H13N3O4. The summed E-state index contributed by atoms with van der Waals surface area (Å²) >= 11 is 0. The number of carbonyl (C=O) groups is 2. The molecule has 7 nitrogen and oxygen atoms in total. The van der Waals surface area contributed by atoms with Crippen molar-refractivity contribution in [2.75, 3.05) is 5.32 Å². The highest BCUT2D eigenvalue weighted by molar-refractivity contribution is 6.39. The number of hydrogen-bond donors (Lipinski definition) is 2. The molecule has 0 aliphatic carbocycles. The highest BCUT2D eigenvalue weighted by Gasteiger charge is 2.14. The summed E-state index contributed by atoms with van der Waals surface area (Å²) in [5.41, 5.74) is 2.87. The lowest BCUT2D eigenvalue weighted by Gasteiger charge is -2.05. The van der Waals surface area contributed by atoms with Gasteiger partial charge in [-0.05, 0) is 17.2 Å². The Bertz CT molecular complexity index is 777. The van der Waals surface area contributed by atoms with Crippen LogP contribution in [0.4, 0.5) is 5.82 Å². The second kappa shape index (κ2) is 6.61. The molecule has 2 N–H and O–H groups in total. The number of nitrogens with one attached hydrogen (secondary N) is 2. The molecule has 0 saturated carbocycles. The predicted molar refractivity (Wildman–Crippen MR) is 81.1 cm³/mol. The van der Waals surface area contributed by atoms with Crippen molar-refractivity contribution < 1.29 is 18.5 Å². The Morgan fingerprint density at radius 1 is 0.957 bits per heavy atom. The third-order valence-corrected chi connectivity index (χ3v) is 3.15. The Morgan fingerprint density at radius 3 is 2.43 bits per heavy atom. The molecule has 0 aliphatic rings. The molecule has 3 aromatic rings. The molecule has 0 saturated heterocycles. The van der Waals surface area contributed by atoms with Gasteiger partial charge >= 0.3 is 11.8 Å². The lowest BCUT2D eigenvalue weighted by atomic mass is 10.1. The van der Waals surface area contributed by atoms with Crippen molar-refractivity contribution in [3.8, 4) is 11.1 Å². The molecule has 116 valence electrons. The summed E-state index contributed by atoms with van der Waals surface area (Å²) in [6, 6.07) is 10.9. The van der Waals surface area contributed by atoms with Crippen LogP contribution >= 0.6 is 0 Å². The molecule has 23 heavy (non-hydrogen) atoms. The first-order chi connectivity index (χ1) is 11.2. The van der Waals surface area contributed by atoms with Crippen molar-refractivity contribution in [1.82, 2.24) is 10.5 Å². The molecule has 2 heterocycles. The van der Waals surface area contributed by atoms with Crippen molar-refractivity contribution in [2.45, 2.75) is 6.54 Å². The fourth-order valence-electron chi connectivity index (χ4n) is 1.96. The highest BCUT2D eigenvalue weighted by atomic mass is 16.5. The number of amides is 2. The maximum absolute atomic E-state index is 11.7. The van der Waals surface area contributed by atoms with E-state index in [-0.39, 0.29) is 12.4 Å². The van der Waals surface area contributed by atoms with Crippen LogP contribution in [0.5, 0.6) is 0 Å². The SMILES string of the molecule is O=C(NCc1ccc(-c2ccoc2)cc1)C(=O)Nc1ccon1. The number of aromatic nitrogens is 1. The van der Waals surface area contributed by atoms with E-state index in [4.69, 9.17) is 4.42 Å². The molecule has 2 amide bonds. The van der Waals surface area contributed by atoms with Gasteiger partial charge in [-0.1, -0.05) is 29.4 Å². The Morgan fingerprint density at radius 2 is 1.78 bits per heavy atom. The maximum Gasteiger partial charge on any atom is 0.314 e. The van der Waals surface area contributed by atoms with Crippen LogP contribution in [0.25, 0.3) is 11.1 Å². The van der Waals surface area contributed by atoms with Crippen LogP contribution in [-0.2, 0) is 16.1 Å². The van der Waals surface area contributed by atoms with Crippen molar-refractivity contribution in [1.29, 1.82) is 0 Å². The number of anilines is 1.